The van der Waals surface area contributed by atoms with E-state index in [9.17, 15) is 9.90 Å². The number of carbonyl (C=O) groups is 1. The number of aromatic nitrogens is 1. The summed E-state index contributed by atoms with van der Waals surface area (Å²) in [6.07, 6.45) is 9.21. The number of rotatable bonds is 4. The van der Waals surface area contributed by atoms with Gasteiger partial charge in [-0.15, -0.1) is 0 Å². The van der Waals surface area contributed by atoms with Crippen molar-refractivity contribution in [2.45, 2.75) is 51.6 Å². The number of hydrogen-bond acceptors (Lipinski definition) is 3. The van der Waals surface area contributed by atoms with Crippen molar-refractivity contribution in [2.24, 2.45) is 5.41 Å². The molecule has 0 bridgehead atoms. The highest BCUT2D eigenvalue weighted by Gasteiger charge is 2.33. The smallest absolute Gasteiger partial charge is 0.226 e. The molecule has 4 nitrogen and oxygen atoms in total. The molecule has 1 aliphatic rings. The van der Waals surface area contributed by atoms with E-state index in [0.717, 1.165) is 31.2 Å². The van der Waals surface area contributed by atoms with Gasteiger partial charge >= 0.3 is 0 Å². The lowest BCUT2D eigenvalue weighted by molar-refractivity contribution is -0.131. The Morgan fingerprint density at radius 1 is 1.30 bits per heavy atom. The van der Waals surface area contributed by atoms with E-state index < -0.39 is 6.10 Å². The molecule has 1 heterocycles. The van der Waals surface area contributed by atoms with E-state index >= 15 is 0 Å². The molecule has 0 saturated heterocycles. The first kappa shape index (κ1) is 15.0. The minimum absolute atomic E-state index is 0.0764. The summed E-state index contributed by atoms with van der Waals surface area (Å²) in [6.45, 7) is 2.31. The molecule has 20 heavy (non-hydrogen) atoms. The highest BCUT2D eigenvalue weighted by molar-refractivity contribution is 5.82. The second kappa shape index (κ2) is 6.84. The zero-order valence-electron chi connectivity index (χ0n) is 12.1. The molecule has 4 heteroatoms. The van der Waals surface area contributed by atoms with Gasteiger partial charge in [-0.3, -0.25) is 9.78 Å². The minimum atomic E-state index is -0.670. The van der Waals surface area contributed by atoms with E-state index in [1.165, 1.54) is 12.8 Å². The molecular weight excluding hydrogens is 252 g/mol. The summed E-state index contributed by atoms with van der Waals surface area (Å²) >= 11 is 0. The van der Waals surface area contributed by atoms with Crippen molar-refractivity contribution >= 4 is 5.91 Å². The number of amides is 1. The van der Waals surface area contributed by atoms with Gasteiger partial charge in [0.2, 0.25) is 5.91 Å². The fourth-order valence-corrected chi connectivity index (χ4v) is 2.84. The second-order valence-corrected chi connectivity index (χ2v) is 5.98. The average Bonchev–Trinajstić information content (AvgIpc) is 2.71. The lowest BCUT2D eigenvalue weighted by atomic mass is 9.81. The van der Waals surface area contributed by atoms with Crippen LogP contribution in [0.3, 0.4) is 0 Å². The fourth-order valence-electron chi connectivity index (χ4n) is 2.84. The summed E-state index contributed by atoms with van der Waals surface area (Å²) in [7, 11) is 0. The molecule has 110 valence electrons. The number of carbonyl (C=O) groups excluding carboxylic acids is 1. The monoisotopic (exact) mass is 276 g/mol. The summed E-state index contributed by atoms with van der Waals surface area (Å²) in [5.41, 5.74) is 0.514. The molecule has 2 N–H and O–H groups in total. The lowest BCUT2D eigenvalue weighted by Gasteiger charge is -2.27. The van der Waals surface area contributed by atoms with Crippen LogP contribution in [0.2, 0.25) is 0 Å². The first-order valence-corrected chi connectivity index (χ1v) is 7.48. The highest BCUT2D eigenvalue weighted by Crippen LogP contribution is 2.34. The van der Waals surface area contributed by atoms with Crippen molar-refractivity contribution in [3.8, 4) is 0 Å². The van der Waals surface area contributed by atoms with E-state index in [0.29, 0.717) is 0 Å². The van der Waals surface area contributed by atoms with E-state index in [1.807, 2.05) is 6.92 Å². The van der Waals surface area contributed by atoms with E-state index in [2.05, 4.69) is 10.3 Å². The van der Waals surface area contributed by atoms with Gasteiger partial charge in [0.1, 0.15) is 0 Å². The van der Waals surface area contributed by atoms with E-state index in [1.54, 1.807) is 24.5 Å². The number of nitrogens with zero attached hydrogens (tertiary/aromatic N) is 1. The molecule has 1 amide bonds. The van der Waals surface area contributed by atoms with Gasteiger partial charge in [-0.1, -0.05) is 32.6 Å². The predicted molar refractivity (Wildman–Crippen MR) is 78.0 cm³/mol. The van der Waals surface area contributed by atoms with Crippen molar-refractivity contribution in [3.05, 3.63) is 30.1 Å². The Labute approximate surface area is 120 Å². The third-order valence-corrected chi connectivity index (χ3v) is 4.30. The topological polar surface area (TPSA) is 62.2 Å². The Balaban J connectivity index is 1.88. The van der Waals surface area contributed by atoms with Crippen molar-refractivity contribution in [3.63, 3.8) is 0 Å². The van der Waals surface area contributed by atoms with E-state index in [4.69, 9.17) is 0 Å². The quantitative estimate of drug-likeness (QED) is 0.831. The fraction of sp³-hybridized carbons (Fsp3) is 0.625. The Kier molecular flexibility index (Phi) is 5.12. The van der Waals surface area contributed by atoms with Crippen LogP contribution >= 0.6 is 0 Å². The third kappa shape index (κ3) is 3.79. The van der Waals surface area contributed by atoms with Crippen LogP contribution in [0, 0.1) is 5.41 Å². The molecule has 1 unspecified atom stereocenters. The molecule has 0 aromatic carbocycles. The van der Waals surface area contributed by atoms with Crippen molar-refractivity contribution in [1.29, 1.82) is 0 Å². The molecule has 1 saturated carbocycles. The van der Waals surface area contributed by atoms with Crippen LogP contribution in [0.15, 0.2) is 24.5 Å². The molecule has 2 rings (SSSR count). The molecule has 1 fully saturated rings. The van der Waals surface area contributed by atoms with Crippen LogP contribution in [-0.4, -0.2) is 22.5 Å². The maximum Gasteiger partial charge on any atom is 0.226 e. The summed E-state index contributed by atoms with van der Waals surface area (Å²) in [6, 6.07) is 3.54. The van der Waals surface area contributed by atoms with Gasteiger partial charge in [-0.05, 0) is 30.5 Å². The van der Waals surface area contributed by atoms with Crippen LogP contribution in [0.25, 0.3) is 0 Å². The van der Waals surface area contributed by atoms with Gasteiger partial charge < -0.3 is 10.4 Å². The summed E-state index contributed by atoms with van der Waals surface area (Å²) in [5, 5.41) is 13.0. The molecule has 0 radical (unpaired) electrons. The Morgan fingerprint density at radius 3 is 2.50 bits per heavy atom. The maximum absolute atomic E-state index is 12.4. The van der Waals surface area contributed by atoms with Gasteiger partial charge in [-0.25, -0.2) is 0 Å². The Morgan fingerprint density at radius 2 is 1.90 bits per heavy atom. The Bertz CT molecular complexity index is 425. The van der Waals surface area contributed by atoms with Crippen molar-refractivity contribution in [1.82, 2.24) is 10.3 Å². The first-order valence-electron chi connectivity index (χ1n) is 7.48. The van der Waals surface area contributed by atoms with Gasteiger partial charge in [0.15, 0.2) is 0 Å². The van der Waals surface area contributed by atoms with Crippen LogP contribution in [-0.2, 0) is 4.79 Å². The highest BCUT2D eigenvalue weighted by atomic mass is 16.3. The minimum Gasteiger partial charge on any atom is -0.387 e. The second-order valence-electron chi connectivity index (χ2n) is 5.98. The number of aliphatic hydroxyl groups is 1. The summed E-state index contributed by atoms with van der Waals surface area (Å²) in [4.78, 5) is 16.3. The van der Waals surface area contributed by atoms with Crippen LogP contribution in [0.5, 0.6) is 0 Å². The number of pyridine rings is 1. The predicted octanol–water partition coefficient (Wildman–Crippen LogP) is 2.59. The normalized spacial score (nSPS) is 19.9. The summed E-state index contributed by atoms with van der Waals surface area (Å²) in [5.74, 6) is 0.0764. The molecule has 1 aliphatic carbocycles. The van der Waals surface area contributed by atoms with Gasteiger partial charge in [0.05, 0.1) is 6.10 Å². The molecule has 1 aromatic heterocycles. The van der Waals surface area contributed by atoms with Crippen LogP contribution in [0.4, 0.5) is 0 Å². The summed E-state index contributed by atoms with van der Waals surface area (Å²) < 4.78 is 0. The van der Waals surface area contributed by atoms with Crippen LogP contribution < -0.4 is 5.32 Å². The molecule has 1 atom stereocenters. The molecular formula is C16H24N2O2. The number of aliphatic hydroxyl groups excluding tert-OH is 1. The third-order valence-electron chi connectivity index (χ3n) is 4.30. The van der Waals surface area contributed by atoms with Gasteiger partial charge in [0, 0.05) is 24.4 Å². The molecule has 0 aliphatic heterocycles. The number of hydrogen-bond donors (Lipinski definition) is 2. The van der Waals surface area contributed by atoms with Crippen molar-refractivity contribution < 1.29 is 9.90 Å². The number of nitrogens with one attached hydrogen (secondary N) is 1. The average molecular weight is 276 g/mol. The zero-order chi connectivity index (χ0) is 14.4. The van der Waals surface area contributed by atoms with Gasteiger partial charge in [-0.2, -0.15) is 0 Å². The molecule has 1 aromatic rings. The standard InChI is InChI=1S/C16H24N2O2/c1-16(8-4-2-3-5-9-16)15(20)18-12-14(19)13-6-10-17-11-7-13/h6-7,10-11,14,19H,2-5,8-9,12H2,1H3,(H,18,20). The SMILES string of the molecule is CC1(C(=O)NCC(O)c2ccncc2)CCCCCC1. The van der Waals surface area contributed by atoms with Crippen molar-refractivity contribution in [2.75, 3.05) is 6.54 Å². The first-order chi connectivity index (χ1) is 9.62. The molecule has 0 spiro atoms. The van der Waals surface area contributed by atoms with Crippen LogP contribution in [0.1, 0.15) is 57.1 Å². The van der Waals surface area contributed by atoms with Gasteiger partial charge in [0.25, 0.3) is 0 Å². The lowest BCUT2D eigenvalue weighted by Crippen LogP contribution is -2.40. The van der Waals surface area contributed by atoms with E-state index in [-0.39, 0.29) is 17.9 Å². The maximum atomic E-state index is 12.4. The zero-order valence-corrected chi connectivity index (χ0v) is 12.1. The Hall–Kier alpha value is -1.42. The largest absolute Gasteiger partial charge is 0.387 e.